The molecule has 0 aliphatic heterocycles. The van der Waals surface area contributed by atoms with Crippen LogP contribution in [0.2, 0.25) is 0 Å². The second-order valence-electron chi connectivity index (χ2n) is 6.61. The highest BCUT2D eigenvalue weighted by molar-refractivity contribution is 5.95. The molecule has 1 aliphatic carbocycles. The third kappa shape index (κ3) is 5.22. The van der Waals surface area contributed by atoms with Crippen molar-refractivity contribution in [3.05, 3.63) is 41.0 Å². The third-order valence-corrected chi connectivity index (χ3v) is 4.61. The minimum absolute atomic E-state index is 0.0527. The lowest BCUT2D eigenvalue weighted by Crippen LogP contribution is -2.37. The molecule has 4 nitrogen and oxygen atoms in total. The molecule has 0 aromatic heterocycles. The summed E-state index contributed by atoms with van der Waals surface area (Å²) < 4.78 is 0. The maximum Gasteiger partial charge on any atom is 0.244 e. The predicted molar refractivity (Wildman–Crippen MR) is 98.0 cm³/mol. The van der Waals surface area contributed by atoms with Gasteiger partial charge >= 0.3 is 0 Å². The molecule has 1 aromatic carbocycles. The number of nitrogens with zero attached hydrogens (tertiary/aromatic N) is 1. The first-order chi connectivity index (χ1) is 11.5. The van der Waals surface area contributed by atoms with E-state index in [1.807, 2.05) is 32.0 Å². The Morgan fingerprint density at radius 1 is 1.17 bits per heavy atom. The Bertz CT molecular complexity index is 614. The van der Waals surface area contributed by atoms with Gasteiger partial charge in [-0.3, -0.25) is 9.59 Å². The molecule has 0 fully saturated rings. The second-order valence-corrected chi connectivity index (χ2v) is 6.61. The predicted octanol–water partition coefficient (Wildman–Crippen LogP) is 3.98. The molecule has 1 N–H and O–H groups in total. The summed E-state index contributed by atoms with van der Waals surface area (Å²) in [6.07, 6.45) is 7.93. The zero-order valence-corrected chi connectivity index (χ0v) is 15.0. The van der Waals surface area contributed by atoms with Crippen LogP contribution in [0.3, 0.4) is 0 Å². The highest BCUT2D eigenvalue weighted by atomic mass is 16.2. The maximum absolute atomic E-state index is 12.4. The van der Waals surface area contributed by atoms with Gasteiger partial charge in [-0.25, -0.2) is 0 Å². The minimum atomic E-state index is -0.139. The van der Waals surface area contributed by atoms with Gasteiger partial charge in [-0.2, -0.15) is 0 Å². The SMILES string of the molecule is CC(=O)N(CCC1=CCCCC1)CC(=O)Nc1c(C)cccc1C. The fourth-order valence-corrected chi connectivity index (χ4v) is 3.12. The Balaban J connectivity index is 1.93. The molecule has 0 heterocycles. The van der Waals surface area contributed by atoms with Crippen molar-refractivity contribution in [2.24, 2.45) is 0 Å². The first kappa shape index (κ1) is 18.2. The molecule has 0 saturated heterocycles. The molecule has 0 radical (unpaired) electrons. The van der Waals surface area contributed by atoms with E-state index < -0.39 is 0 Å². The summed E-state index contributed by atoms with van der Waals surface area (Å²) in [4.78, 5) is 25.9. The lowest BCUT2D eigenvalue weighted by molar-refractivity contribution is -0.132. The number of carbonyl (C=O) groups excluding carboxylic acids is 2. The van der Waals surface area contributed by atoms with Gasteiger partial charge in [0.15, 0.2) is 0 Å². The van der Waals surface area contributed by atoms with E-state index in [9.17, 15) is 9.59 Å². The summed E-state index contributed by atoms with van der Waals surface area (Å²) >= 11 is 0. The van der Waals surface area contributed by atoms with Crippen molar-refractivity contribution in [2.45, 2.75) is 52.9 Å². The minimum Gasteiger partial charge on any atom is -0.333 e. The van der Waals surface area contributed by atoms with Gasteiger partial charge in [0.2, 0.25) is 11.8 Å². The Kier molecular flexibility index (Phi) is 6.59. The molecule has 0 unspecified atom stereocenters. The van der Waals surface area contributed by atoms with Crippen LogP contribution in [-0.4, -0.2) is 29.8 Å². The normalized spacial score (nSPS) is 14.0. The smallest absolute Gasteiger partial charge is 0.244 e. The highest BCUT2D eigenvalue weighted by Crippen LogP contribution is 2.21. The van der Waals surface area contributed by atoms with Gasteiger partial charge in [0, 0.05) is 19.2 Å². The third-order valence-electron chi connectivity index (χ3n) is 4.61. The van der Waals surface area contributed by atoms with E-state index in [0.29, 0.717) is 6.54 Å². The first-order valence-electron chi connectivity index (χ1n) is 8.77. The largest absolute Gasteiger partial charge is 0.333 e. The summed E-state index contributed by atoms with van der Waals surface area (Å²) in [6, 6.07) is 5.92. The molecular formula is C20H28N2O2. The molecule has 2 amide bonds. The Morgan fingerprint density at radius 2 is 1.88 bits per heavy atom. The quantitative estimate of drug-likeness (QED) is 0.803. The molecule has 1 aromatic rings. The number of nitrogens with one attached hydrogen (secondary N) is 1. The monoisotopic (exact) mass is 328 g/mol. The first-order valence-corrected chi connectivity index (χ1v) is 8.77. The summed E-state index contributed by atoms with van der Waals surface area (Å²) in [7, 11) is 0. The molecule has 0 atom stereocenters. The molecule has 0 saturated carbocycles. The Hall–Kier alpha value is -2.10. The number of hydrogen-bond donors (Lipinski definition) is 1. The lowest BCUT2D eigenvalue weighted by Gasteiger charge is -2.23. The zero-order valence-electron chi connectivity index (χ0n) is 15.0. The van der Waals surface area contributed by atoms with Gasteiger partial charge < -0.3 is 10.2 Å². The Morgan fingerprint density at radius 3 is 2.46 bits per heavy atom. The number of carbonyl (C=O) groups is 2. The number of anilines is 1. The van der Waals surface area contributed by atoms with Crippen molar-refractivity contribution in [1.29, 1.82) is 0 Å². The van der Waals surface area contributed by atoms with E-state index in [1.165, 1.54) is 25.3 Å². The molecule has 4 heteroatoms. The van der Waals surface area contributed by atoms with Crippen LogP contribution in [0.5, 0.6) is 0 Å². The van der Waals surface area contributed by atoms with Crippen LogP contribution in [0.15, 0.2) is 29.8 Å². The van der Waals surface area contributed by atoms with Crippen LogP contribution in [0.25, 0.3) is 0 Å². The van der Waals surface area contributed by atoms with E-state index in [0.717, 1.165) is 36.1 Å². The summed E-state index contributed by atoms with van der Waals surface area (Å²) in [5, 5.41) is 2.95. The average Bonchev–Trinajstić information content (AvgIpc) is 2.55. The van der Waals surface area contributed by atoms with Crippen LogP contribution in [0.1, 0.15) is 50.2 Å². The van der Waals surface area contributed by atoms with Gasteiger partial charge in [0.1, 0.15) is 0 Å². The molecular weight excluding hydrogens is 300 g/mol. The van der Waals surface area contributed by atoms with Crippen LogP contribution < -0.4 is 5.32 Å². The van der Waals surface area contributed by atoms with E-state index in [-0.39, 0.29) is 18.4 Å². The molecule has 2 rings (SSSR count). The summed E-state index contributed by atoms with van der Waals surface area (Å²) in [5.74, 6) is -0.191. The lowest BCUT2D eigenvalue weighted by atomic mass is 9.97. The fourth-order valence-electron chi connectivity index (χ4n) is 3.12. The van der Waals surface area contributed by atoms with Crippen molar-refractivity contribution in [3.8, 4) is 0 Å². The number of aryl methyl sites for hydroxylation is 2. The van der Waals surface area contributed by atoms with Gasteiger partial charge in [0.25, 0.3) is 0 Å². The maximum atomic E-state index is 12.4. The number of rotatable bonds is 6. The number of benzene rings is 1. The second kappa shape index (κ2) is 8.67. The van der Waals surface area contributed by atoms with Crippen molar-refractivity contribution >= 4 is 17.5 Å². The van der Waals surface area contributed by atoms with E-state index >= 15 is 0 Å². The zero-order chi connectivity index (χ0) is 17.5. The van der Waals surface area contributed by atoms with Crippen molar-refractivity contribution in [1.82, 2.24) is 4.90 Å². The van der Waals surface area contributed by atoms with Gasteiger partial charge in [-0.15, -0.1) is 0 Å². The molecule has 24 heavy (non-hydrogen) atoms. The molecule has 1 aliphatic rings. The van der Waals surface area contributed by atoms with Gasteiger partial charge in [0.05, 0.1) is 6.54 Å². The summed E-state index contributed by atoms with van der Waals surface area (Å²) in [6.45, 7) is 6.20. The molecule has 0 spiro atoms. The number of amides is 2. The standard InChI is InChI=1S/C20H28N2O2/c1-15-8-7-9-16(2)20(15)21-19(24)14-22(17(3)23)13-12-18-10-5-4-6-11-18/h7-10H,4-6,11-14H2,1-3H3,(H,21,24). The molecule has 0 bridgehead atoms. The fraction of sp³-hybridized carbons (Fsp3) is 0.500. The number of para-hydroxylation sites is 1. The van der Waals surface area contributed by atoms with Gasteiger partial charge in [-0.05, 0) is 57.1 Å². The number of hydrogen-bond acceptors (Lipinski definition) is 2. The van der Waals surface area contributed by atoms with Crippen LogP contribution >= 0.6 is 0 Å². The highest BCUT2D eigenvalue weighted by Gasteiger charge is 2.16. The van der Waals surface area contributed by atoms with E-state index in [4.69, 9.17) is 0 Å². The van der Waals surface area contributed by atoms with Crippen LogP contribution in [0, 0.1) is 13.8 Å². The van der Waals surface area contributed by atoms with Gasteiger partial charge in [-0.1, -0.05) is 29.8 Å². The van der Waals surface area contributed by atoms with E-state index in [1.54, 1.807) is 4.90 Å². The number of allylic oxidation sites excluding steroid dienone is 1. The average molecular weight is 328 g/mol. The topological polar surface area (TPSA) is 49.4 Å². The van der Waals surface area contributed by atoms with Crippen molar-refractivity contribution in [3.63, 3.8) is 0 Å². The van der Waals surface area contributed by atoms with Crippen molar-refractivity contribution in [2.75, 3.05) is 18.4 Å². The van der Waals surface area contributed by atoms with Crippen LogP contribution in [-0.2, 0) is 9.59 Å². The van der Waals surface area contributed by atoms with E-state index in [2.05, 4.69) is 11.4 Å². The molecule has 130 valence electrons. The Labute approximate surface area is 144 Å². The van der Waals surface area contributed by atoms with Crippen LogP contribution in [0.4, 0.5) is 5.69 Å². The summed E-state index contributed by atoms with van der Waals surface area (Å²) in [5.41, 5.74) is 4.33. The van der Waals surface area contributed by atoms with Crippen molar-refractivity contribution < 1.29 is 9.59 Å².